The normalized spacial score (nSPS) is 22.4. The molecule has 3 rings (SSSR count). The van der Waals surface area contributed by atoms with Gasteiger partial charge < -0.3 is 9.64 Å². The molecule has 0 N–H and O–H groups in total. The monoisotopic (exact) mass is 319 g/mol. The molecule has 1 aromatic rings. The van der Waals surface area contributed by atoms with Crippen molar-refractivity contribution in [2.45, 2.75) is 0 Å². The molecule has 0 unspecified atom stereocenters. The van der Waals surface area contributed by atoms with Gasteiger partial charge in [0.1, 0.15) is 5.82 Å². The van der Waals surface area contributed by atoms with Crippen molar-refractivity contribution < 1.29 is 9.13 Å². The van der Waals surface area contributed by atoms with Crippen LogP contribution in [0.25, 0.3) is 0 Å². The topological polar surface area (TPSA) is 12.5 Å². The number of anilines is 1. The second kappa shape index (κ2) is 3.31. The van der Waals surface area contributed by atoms with Crippen molar-refractivity contribution in [1.82, 2.24) is 0 Å². The lowest BCUT2D eigenvalue weighted by Gasteiger charge is -2.56. The molecule has 2 saturated heterocycles. The Labute approximate surface area is 102 Å². The van der Waals surface area contributed by atoms with Crippen LogP contribution in [0, 0.1) is 14.8 Å². The Morgan fingerprint density at radius 2 is 2.07 bits per heavy atom. The first-order chi connectivity index (χ1) is 7.19. The quantitative estimate of drug-likeness (QED) is 0.737. The zero-order valence-electron chi connectivity index (χ0n) is 8.17. The van der Waals surface area contributed by atoms with Crippen molar-refractivity contribution in [2.24, 2.45) is 5.41 Å². The van der Waals surface area contributed by atoms with E-state index in [1.165, 1.54) is 0 Å². The Hall–Kier alpha value is -0.360. The maximum Gasteiger partial charge on any atom is 0.147 e. The van der Waals surface area contributed by atoms with E-state index in [0.717, 1.165) is 35.6 Å². The summed E-state index contributed by atoms with van der Waals surface area (Å²) in [6.45, 7) is 3.56. The lowest BCUT2D eigenvalue weighted by atomic mass is 9.78. The molecule has 0 radical (unpaired) electrons. The maximum atomic E-state index is 13.6. The highest BCUT2D eigenvalue weighted by atomic mass is 127. The third-order valence-electron chi connectivity index (χ3n) is 3.12. The molecule has 0 aromatic heterocycles. The highest BCUT2D eigenvalue weighted by Crippen LogP contribution is 2.40. The second-order valence-corrected chi connectivity index (χ2v) is 5.69. The Bertz CT molecular complexity index is 398. The number of ether oxygens (including phenoxy) is 1. The van der Waals surface area contributed by atoms with Crippen molar-refractivity contribution in [3.8, 4) is 0 Å². The van der Waals surface area contributed by atoms with Crippen LogP contribution in [-0.2, 0) is 4.74 Å². The van der Waals surface area contributed by atoms with E-state index < -0.39 is 0 Å². The Balaban J connectivity index is 1.77. The van der Waals surface area contributed by atoms with E-state index >= 15 is 0 Å². The van der Waals surface area contributed by atoms with Gasteiger partial charge in [-0.15, -0.1) is 0 Å². The molecule has 0 bridgehead atoms. The third kappa shape index (κ3) is 1.54. The lowest BCUT2D eigenvalue weighted by molar-refractivity contribution is -0.127. The molecule has 0 atom stereocenters. The smallest absolute Gasteiger partial charge is 0.147 e. The van der Waals surface area contributed by atoms with Crippen LogP contribution < -0.4 is 4.90 Å². The summed E-state index contributed by atoms with van der Waals surface area (Å²) in [6, 6.07) is 5.39. The van der Waals surface area contributed by atoms with Crippen LogP contribution >= 0.6 is 22.6 Å². The molecule has 2 fully saturated rings. The second-order valence-electron chi connectivity index (χ2n) is 4.44. The first-order valence-electron chi connectivity index (χ1n) is 4.96. The average Bonchev–Trinajstić information content (AvgIpc) is 2.03. The van der Waals surface area contributed by atoms with Gasteiger partial charge in [0.25, 0.3) is 0 Å². The van der Waals surface area contributed by atoms with Crippen molar-refractivity contribution in [3.63, 3.8) is 0 Å². The molecule has 0 aliphatic carbocycles. The number of rotatable bonds is 1. The number of nitrogens with zero attached hydrogens (tertiary/aromatic N) is 1. The molecule has 0 saturated carbocycles. The molecule has 2 aliphatic rings. The Morgan fingerprint density at radius 1 is 1.33 bits per heavy atom. The van der Waals surface area contributed by atoms with E-state index in [-0.39, 0.29) is 5.82 Å². The molecule has 1 spiro atoms. The van der Waals surface area contributed by atoms with Gasteiger partial charge in [-0.25, -0.2) is 4.39 Å². The van der Waals surface area contributed by atoms with Crippen LogP contribution in [0.4, 0.5) is 10.1 Å². The summed E-state index contributed by atoms with van der Waals surface area (Å²) >= 11 is 2.12. The summed E-state index contributed by atoms with van der Waals surface area (Å²) in [4.78, 5) is 2.09. The van der Waals surface area contributed by atoms with E-state index in [1.54, 1.807) is 6.07 Å². The zero-order chi connectivity index (χ0) is 10.5. The van der Waals surface area contributed by atoms with Crippen molar-refractivity contribution >= 4 is 28.3 Å². The lowest BCUT2D eigenvalue weighted by Crippen LogP contribution is -2.66. The van der Waals surface area contributed by atoms with Crippen LogP contribution in [-0.4, -0.2) is 26.3 Å². The average molecular weight is 319 g/mol. The van der Waals surface area contributed by atoms with Crippen LogP contribution in [0.2, 0.25) is 0 Å². The van der Waals surface area contributed by atoms with Gasteiger partial charge in [-0.05, 0) is 40.8 Å². The maximum absolute atomic E-state index is 13.6. The fourth-order valence-corrected chi connectivity index (χ4v) is 2.70. The molecule has 2 nitrogen and oxygen atoms in total. The first-order valence-corrected chi connectivity index (χ1v) is 6.04. The van der Waals surface area contributed by atoms with Gasteiger partial charge in [0.15, 0.2) is 0 Å². The summed E-state index contributed by atoms with van der Waals surface area (Å²) in [6.07, 6.45) is 0. The summed E-state index contributed by atoms with van der Waals surface area (Å²) < 4.78 is 19.8. The molecular formula is C11H11FINO. The number of halogens is 2. The molecule has 0 amide bonds. The van der Waals surface area contributed by atoms with E-state index in [1.807, 2.05) is 12.1 Å². The number of hydrogen-bond acceptors (Lipinski definition) is 2. The zero-order valence-corrected chi connectivity index (χ0v) is 10.3. The molecular weight excluding hydrogens is 308 g/mol. The summed E-state index contributed by atoms with van der Waals surface area (Å²) in [5, 5.41) is 0. The third-order valence-corrected chi connectivity index (χ3v) is 3.79. The molecule has 15 heavy (non-hydrogen) atoms. The fourth-order valence-electron chi connectivity index (χ4n) is 2.24. The molecule has 4 heteroatoms. The minimum atomic E-state index is -0.114. The Kier molecular flexibility index (Phi) is 2.17. The first kappa shape index (κ1) is 9.84. The highest BCUT2D eigenvalue weighted by molar-refractivity contribution is 14.1. The van der Waals surface area contributed by atoms with Gasteiger partial charge in [-0.1, -0.05) is 0 Å². The molecule has 1 aromatic carbocycles. The SMILES string of the molecule is Fc1cc(I)ccc1N1CC2(COC2)C1. The van der Waals surface area contributed by atoms with Gasteiger partial charge in [0, 0.05) is 16.7 Å². The molecule has 2 heterocycles. The number of benzene rings is 1. The predicted molar refractivity (Wildman–Crippen MR) is 64.6 cm³/mol. The largest absolute Gasteiger partial charge is 0.380 e. The van der Waals surface area contributed by atoms with Crippen LogP contribution in [0.1, 0.15) is 0 Å². The minimum Gasteiger partial charge on any atom is -0.380 e. The van der Waals surface area contributed by atoms with Gasteiger partial charge in [-0.2, -0.15) is 0 Å². The standard InChI is InChI=1S/C11H11FINO/c12-9-3-8(13)1-2-10(9)14-4-11(5-14)6-15-7-11/h1-3H,4-7H2. The minimum absolute atomic E-state index is 0.114. The van der Waals surface area contributed by atoms with E-state index in [9.17, 15) is 4.39 Å². The summed E-state index contributed by atoms with van der Waals surface area (Å²) in [5.74, 6) is -0.114. The number of hydrogen-bond donors (Lipinski definition) is 0. The highest BCUT2D eigenvalue weighted by Gasteiger charge is 2.49. The van der Waals surface area contributed by atoms with Crippen LogP contribution in [0.15, 0.2) is 18.2 Å². The van der Waals surface area contributed by atoms with Crippen molar-refractivity contribution in [1.29, 1.82) is 0 Å². The molecule has 2 aliphatic heterocycles. The van der Waals surface area contributed by atoms with E-state index in [2.05, 4.69) is 27.5 Å². The van der Waals surface area contributed by atoms with Crippen molar-refractivity contribution in [2.75, 3.05) is 31.2 Å². The summed E-state index contributed by atoms with van der Waals surface area (Å²) in [5.41, 5.74) is 1.07. The van der Waals surface area contributed by atoms with Crippen LogP contribution in [0.5, 0.6) is 0 Å². The van der Waals surface area contributed by atoms with E-state index in [4.69, 9.17) is 4.74 Å². The van der Waals surface area contributed by atoms with Gasteiger partial charge >= 0.3 is 0 Å². The summed E-state index contributed by atoms with van der Waals surface area (Å²) in [7, 11) is 0. The molecule has 80 valence electrons. The van der Waals surface area contributed by atoms with Crippen molar-refractivity contribution in [3.05, 3.63) is 27.6 Å². The van der Waals surface area contributed by atoms with Gasteiger partial charge in [-0.3, -0.25) is 0 Å². The predicted octanol–water partition coefficient (Wildman–Crippen LogP) is 2.27. The van der Waals surface area contributed by atoms with Gasteiger partial charge in [0.05, 0.1) is 24.3 Å². The Morgan fingerprint density at radius 3 is 2.60 bits per heavy atom. The van der Waals surface area contributed by atoms with Gasteiger partial charge in [0.2, 0.25) is 0 Å². The fraction of sp³-hybridized carbons (Fsp3) is 0.455. The van der Waals surface area contributed by atoms with E-state index in [0.29, 0.717) is 5.41 Å². The van der Waals surface area contributed by atoms with Crippen LogP contribution in [0.3, 0.4) is 0 Å².